The van der Waals surface area contributed by atoms with Crippen LogP contribution in [0, 0.1) is 12.7 Å². The molecule has 1 aliphatic rings. The minimum Gasteiger partial charge on any atom is -0.355 e. The van der Waals surface area contributed by atoms with Crippen molar-refractivity contribution in [2.45, 2.75) is 45.6 Å². The van der Waals surface area contributed by atoms with Crippen molar-refractivity contribution >= 4 is 11.9 Å². The zero-order valence-electron chi connectivity index (χ0n) is 17.6. The minimum atomic E-state index is -0.369. The van der Waals surface area contributed by atoms with Gasteiger partial charge in [-0.1, -0.05) is 12.5 Å². The fourth-order valence-electron chi connectivity index (χ4n) is 3.32. The van der Waals surface area contributed by atoms with Crippen molar-refractivity contribution in [3.05, 3.63) is 35.1 Å². The molecular formula is C21H34FN5O. The van der Waals surface area contributed by atoms with Crippen LogP contribution in [0.2, 0.25) is 0 Å². The molecule has 2 rings (SSSR count). The summed E-state index contributed by atoms with van der Waals surface area (Å²) in [6.07, 6.45) is 3.85. The second kappa shape index (κ2) is 10.4. The lowest BCUT2D eigenvalue weighted by Gasteiger charge is -2.41. The molecule has 28 heavy (non-hydrogen) atoms. The van der Waals surface area contributed by atoms with Crippen molar-refractivity contribution in [3.63, 3.8) is 0 Å². The number of carbonyl (C=O) groups excluding carboxylic acids is 1. The number of piperidine rings is 1. The van der Waals surface area contributed by atoms with Crippen LogP contribution in [0.5, 0.6) is 0 Å². The normalized spacial score (nSPS) is 16.0. The van der Waals surface area contributed by atoms with E-state index in [1.807, 2.05) is 0 Å². The Morgan fingerprint density at radius 3 is 2.46 bits per heavy atom. The number of halogens is 1. The lowest BCUT2D eigenvalue weighted by molar-refractivity contribution is 0.0954. The standard InChI is InChI=1S/C21H34FN5O/c1-16-8-9-17(14-18(16)22)19(28)24-10-11-25-20(23-4)26-15-21(2,3)27-12-6-5-7-13-27/h8-9,14H,5-7,10-13,15H2,1-4H3,(H,24,28)(H2,23,25,26). The van der Waals surface area contributed by atoms with Gasteiger partial charge in [0.25, 0.3) is 5.91 Å². The van der Waals surface area contributed by atoms with Crippen molar-refractivity contribution in [3.8, 4) is 0 Å². The average Bonchev–Trinajstić information content (AvgIpc) is 2.70. The molecule has 0 spiro atoms. The average molecular weight is 392 g/mol. The molecule has 7 heteroatoms. The number of hydrogen-bond donors (Lipinski definition) is 3. The van der Waals surface area contributed by atoms with Crippen LogP contribution in [0.15, 0.2) is 23.2 Å². The predicted octanol–water partition coefficient (Wildman–Crippen LogP) is 2.29. The molecular weight excluding hydrogens is 357 g/mol. The largest absolute Gasteiger partial charge is 0.355 e. The molecule has 6 nitrogen and oxygen atoms in total. The molecule has 0 bridgehead atoms. The van der Waals surface area contributed by atoms with E-state index in [9.17, 15) is 9.18 Å². The van der Waals surface area contributed by atoms with Crippen LogP contribution >= 0.6 is 0 Å². The van der Waals surface area contributed by atoms with Crippen molar-refractivity contribution in [1.29, 1.82) is 0 Å². The summed E-state index contributed by atoms with van der Waals surface area (Å²) < 4.78 is 13.6. The molecule has 1 amide bonds. The summed E-state index contributed by atoms with van der Waals surface area (Å²) in [5, 5.41) is 9.37. The van der Waals surface area contributed by atoms with Gasteiger partial charge in [-0.2, -0.15) is 0 Å². The van der Waals surface area contributed by atoms with E-state index in [0.717, 1.165) is 19.6 Å². The Morgan fingerprint density at radius 2 is 1.82 bits per heavy atom. The van der Waals surface area contributed by atoms with Gasteiger partial charge in [-0.25, -0.2) is 4.39 Å². The molecule has 0 unspecified atom stereocenters. The summed E-state index contributed by atoms with van der Waals surface area (Å²) in [5.41, 5.74) is 0.913. The molecule has 0 aliphatic carbocycles. The van der Waals surface area contributed by atoms with E-state index in [2.05, 4.69) is 39.7 Å². The number of carbonyl (C=O) groups is 1. The number of likely N-dealkylation sites (tertiary alicyclic amines) is 1. The van der Waals surface area contributed by atoms with Gasteiger partial charge in [0.05, 0.1) is 0 Å². The second-order valence-electron chi connectivity index (χ2n) is 7.93. The predicted molar refractivity (Wildman–Crippen MR) is 112 cm³/mol. The summed E-state index contributed by atoms with van der Waals surface area (Å²) in [5.74, 6) is 0.0577. The number of rotatable bonds is 7. The molecule has 1 aromatic rings. The number of nitrogens with zero attached hydrogens (tertiary/aromatic N) is 2. The summed E-state index contributed by atoms with van der Waals surface area (Å²) in [4.78, 5) is 18.9. The van der Waals surface area contributed by atoms with Crippen molar-refractivity contribution in [2.75, 3.05) is 39.8 Å². The minimum absolute atomic E-state index is 0.0573. The smallest absolute Gasteiger partial charge is 0.251 e. The molecule has 0 radical (unpaired) electrons. The monoisotopic (exact) mass is 391 g/mol. The molecule has 1 saturated heterocycles. The van der Waals surface area contributed by atoms with Gasteiger partial charge in [-0.05, 0) is 64.4 Å². The topological polar surface area (TPSA) is 68.8 Å². The summed E-state index contributed by atoms with van der Waals surface area (Å²) >= 11 is 0. The Labute approximate surface area is 168 Å². The van der Waals surface area contributed by atoms with Crippen LogP contribution in [0.1, 0.15) is 49.0 Å². The fraction of sp³-hybridized carbons (Fsp3) is 0.619. The van der Waals surface area contributed by atoms with Gasteiger partial charge in [-0.15, -0.1) is 0 Å². The first kappa shape index (κ1) is 22.1. The maximum absolute atomic E-state index is 13.6. The highest BCUT2D eigenvalue weighted by Gasteiger charge is 2.27. The molecule has 1 aliphatic heterocycles. The first-order valence-electron chi connectivity index (χ1n) is 10.1. The van der Waals surface area contributed by atoms with Gasteiger partial charge in [0.1, 0.15) is 5.82 Å². The molecule has 156 valence electrons. The van der Waals surface area contributed by atoms with Crippen molar-refractivity contribution < 1.29 is 9.18 Å². The van der Waals surface area contributed by atoms with Crippen LogP contribution in [0.3, 0.4) is 0 Å². The van der Waals surface area contributed by atoms with Gasteiger partial charge >= 0.3 is 0 Å². The Hall–Kier alpha value is -2.15. The van der Waals surface area contributed by atoms with Gasteiger partial charge in [0.15, 0.2) is 5.96 Å². The third-order valence-electron chi connectivity index (χ3n) is 5.26. The number of guanidine groups is 1. The maximum Gasteiger partial charge on any atom is 0.251 e. The van der Waals surface area contributed by atoms with E-state index in [-0.39, 0.29) is 17.3 Å². The Balaban J connectivity index is 1.71. The third-order valence-corrected chi connectivity index (χ3v) is 5.26. The summed E-state index contributed by atoms with van der Waals surface area (Å²) in [6, 6.07) is 4.50. The second-order valence-corrected chi connectivity index (χ2v) is 7.93. The SMILES string of the molecule is CN=C(NCCNC(=O)c1ccc(C)c(F)c1)NCC(C)(C)N1CCCCC1. The quantitative estimate of drug-likeness (QED) is 0.379. The van der Waals surface area contributed by atoms with Crippen LogP contribution < -0.4 is 16.0 Å². The highest BCUT2D eigenvalue weighted by molar-refractivity contribution is 5.94. The maximum atomic E-state index is 13.6. The molecule has 1 aromatic carbocycles. The molecule has 1 heterocycles. The van der Waals surface area contributed by atoms with Crippen LogP contribution in [0.4, 0.5) is 4.39 Å². The van der Waals surface area contributed by atoms with E-state index in [1.165, 1.54) is 25.3 Å². The van der Waals surface area contributed by atoms with Crippen molar-refractivity contribution in [2.24, 2.45) is 4.99 Å². The lowest BCUT2D eigenvalue weighted by Crippen LogP contribution is -2.55. The number of amides is 1. The number of benzene rings is 1. The van der Waals surface area contributed by atoms with Crippen LogP contribution in [0.25, 0.3) is 0 Å². The molecule has 0 atom stereocenters. The van der Waals surface area contributed by atoms with Gasteiger partial charge < -0.3 is 16.0 Å². The van der Waals surface area contributed by atoms with Crippen molar-refractivity contribution in [1.82, 2.24) is 20.9 Å². The molecule has 3 N–H and O–H groups in total. The number of hydrogen-bond acceptors (Lipinski definition) is 3. The number of aliphatic imine (C=N–C) groups is 1. The molecule has 0 saturated carbocycles. The zero-order valence-corrected chi connectivity index (χ0v) is 17.6. The molecule has 0 aromatic heterocycles. The summed E-state index contributed by atoms with van der Waals surface area (Å²) in [6.45, 7) is 10.2. The van der Waals surface area contributed by atoms with E-state index in [0.29, 0.717) is 30.2 Å². The zero-order chi connectivity index (χ0) is 20.6. The van der Waals surface area contributed by atoms with E-state index in [1.54, 1.807) is 26.1 Å². The Bertz CT molecular complexity index is 683. The van der Waals surface area contributed by atoms with Gasteiger partial charge in [-0.3, -0.25) is 14.7 Å². The highest BCUT2D eigenvalue weighted by atomic mass is 19.1. The van der Waals surface area contributed by atoms with E-state index >= 15 is 0 Å². The van der Waals surface area contributed by atoms with E-state index < -0.39 is 0 Å². The van der Waals surface area contributed by atoms with Gasteiger partial charge in [0, 0.05) is 37.8 Å². The Kier molecular flexibility index (Phi) is 8.23. The first-order valence-corrected chi connectivity index (χ1v) is 10.1. The first-order chi connectivity index (χ1) is 13.3. The fourth-order valence-corrected chi connectivity index (χ4v) is 3.32. The Morgan fingerprint density at radius 1 is 1.14 bits per heavy atom. The van der Waals surface area contributed by atoms with Crippen LogP contribution in [-0.2, 0) is 0 Å². The van der Waals surface area contributed by atoms with Gasteiger partial charge in [0.2, 0.25) is 0 Å². The van der Waals surface area contributed by atoms with Crippen LogP contribution in [-0.4, -0.2) is 62.1 Å². The van der Waals surface area contributed by atoms with E-state index in [4.69, 9.17) is 0 Å². The highest BCUT2D eigenvalue weighted by Crippen LogP contribution is 2.19. The number of nitrogens with one attached hydrogen (secondary N) is 3. The number of aryl methyl sites for hydroxylation is 1. The summed E-state index contributed by atoms with van der Waals surface area (Å²) in [7, 11) is 1.73. The molecule has 1 fully saturated rings. The third kappa shape index (κ3) is 6.48. The lowest BCUT2D eigenvalue weighted by atomic mass is 9.98.